The number of ether oxygens (including phenoxy) is 1. The zero-order valence-corrected chi connectivity index (χ0v) is 26.5. The lowest BCUT2D eigenvalue weighted by molar-refractivity contribution is -0.113. The van der Waals surface area contributed by atoms with Gasteiger partial charge in [0.25, 0.3) is 11.5 Å². The van der Waals surface area contributed by atoms with Crippen LogP contribution in [0.1, 0.15) is 35.2 Å². The molecule has 0 radical (unpaired) electrons. The molecule has 0 saturated carbocycles. The van der Waals surface area contributed by atoms with Crippen molar-refractivity contribution >= 4 is 39.9 Å². The van der Waals surface area contributed by atoms with Gasteiger partial charge in [0.05, 0.1) is 40.6 Å². The number of allylic oxidation sites excluding steroid dienone is 1. The quantitative estimate of drug-likeness (QED) is 0.241. The number of para-hydroxylation sites is 2. The van der Waals surface area contributed by atoms with Crippen LogP contribution in [-0.4, -0.2) is 22.2 Å². The summed E-state index contributed by atoms with van der Waals surface area (Å²) < 4.78 is 9.72. The number of fused-ring (bicyclic) bond motifs is 2. The molecule has 0 spiro atoms. The molecule has 1 N–H and O–H groups in total. The van der Waals surface area contributed by atoms with E-state index >= 15 is 0 Å². The van der Waals surface area contributed by atoms with E-state index in [2.05, 4.69) is 16.0 Å². The van der Waals surface area contributed by atoms with Gasteiger partial charge in [0.15, 0.2) is 4.80 Å². The molecule has 6 aromatic rings. The first-order chi connectivity index (χ1) is 22.9. The fourth-order valence-electron chi connectivity index (χ4n) is 6.07. The molecule has 1 aliphatic rings. The molecule has 1 unspecified atom stereocenters. The molecular formula is C38H29N5O3S. The molecule has 47 heavy (non-hydrogen) atoms. The lowest BCUT2D eigenvalue weighted by atomic mass is 9.95. The van der Waals surface area contributed by atoms with Gasteiger partial charge >= 0.3 is 0 Å². The Morgan fingerprint density at radius 3 is 2.60 bits per heavy atom. The van der Waals surface area contributed by atoms with E-state index in [4.69, 9.17) is 9.73 Å². The summed E-state index contributed by atoms with van der Waals surface area (Å²) in [5.41, 5.74) is 5.45. The number of nitriles is 1. The molecule has 1 amide bonds. The number of carbonyl (C=O) groups is 1. The molecule has 2 aromatic heterocycles. The van der Waals surface area contributed by atoms with Gasteiger partial charge in [-0.3, -0.25) is 14.2 Å². The van der Waals surface area contributed by atoms with Crippen LogP contribution in [0.25, 0.3) is 17.0 Å². The monoisotopic (exact) mass is 635 g/mol. The molecule has 9 heteroatoms. The average molecular weight is 636 g/mol. The maximum Gasteiger partial charge on any atom is 0.271 e. The van der Waals surface area contributed by atoms with Crippen LogP contribution in [0.4, 0.5) is 5.69 Å². The zero-order valence-electron chi connectivity index (χ0n) is 25.7. The minimum absolute atomic E-state index is 0.245. The van der Waals surface area contributed by atoms with Gasteiger partial charge in [-0.2, -0.15) is 5.26 Å². The van der Waals surface area contributed by atoms with E-state index < -0.39 is 6.04 Å². The van der Waals surface area contributed by atoms with Crippen molar-refractivity contribution in [1.29, 1.82) is 5.26 Å². The molecule has 8 nitrogen and oxygen atoms in total. The third-order valence-electron chi connectivity index (χ3n) is 8.29. The van der Waals surface area contributed by atoms with Crippen LogP contribution in [0.3, 0.4) is 0 Å². The van der Waals surface area contributed by atoms with Crippen LogP contribution in [0.5, 0.6) is 5.75 Å². The van der Waals surface area contributed by atoms with Gasteiger partial charge in [0.2, 0.25) is 0 Å². The topological polar surface area (TPSA) is 101 Å². The van der Waals surface area contributed by atoms with E-state index in [1.165, 1.54) is 11.3 Å². The SMILES string of the molecule is COc1cccc(C2C(C(=O)Nc3ccccc3)=C(C)N=c3sc(=Cc4cn(Cc5ccccc5C#N)c5ccccc45)c(=O)n32)c1. The number of nitrogens with one attached hydrogen (secondary N) is 1. The van der Waals surface area contributed by atoms with Crippen molar-refractivity contribution in [2.75, 3.05) is 12.4 Å². The van der Waals surface area contributed by atoms with Crippen LogP contribution in [0, 0.1) is 11.3 Å². The number of aromatic nitrogens is 2. The van der Waals surface area contributed by atoms with Gasteiger partial charge in [-0.25, -0.2) is 4.99 Å². The van der Waals surface area contributed by atoms with E-state index in [1.807, 2.05) is 115 Å². The highest BCUT2D eigenvalue weighted by molar-refractivity contribution is 7.07. The first-order valence-electron chi connectivity index (χ1n) is 15.0. The normalized spacial score (nSPS) is 14.4. The number of benzene rings is 4. The van der Waals surface area contributed by atoms with Gasteiger partial charge in [0, 0.05) is 34.9 Å². The molecule has 0 fully saturated rings. The summed E-state index contributed by atoms with van der Waals surface area (Å²) in [5, 5.41) is 13.6. The van der Waals surface area contributed by atoms with E-state index in [-0.39, 0.29) is 11.5 Å². The first kappa shape index (κ1) is 29.7. The fourth-order valence-corrected chi connectivity index (χ4v) is 7.11. The lowest BCUT2D eigenvalue weighted by Crippen LogP contribution is -2.40. The van der Waals surface area contributed by atoms with Crippen LogP contribution < -0.4 is 24.9 Å². The standard InChI is InChI=1S/C38H29N5O3S/c1-24-34(36(44)41-29-14-4-3-5-15-29)35(25-13-10-16-30(19-25)46-2)43-37(45)33(47-38(43)40-24)20-28-23-42(32-18-9-8-17-31(28)32)22-27-12-7-6-11-26(27)21-39/h3-20,23,35H,22H2,1-2H3,(H,41,44). The number of anilines is 1. The molecular weight excluding hydrogens is 607 g/mol. The second-order valence-electron chi connectivity index (χ2n) is 11.2. The number of carbonyl (C=O) groups excluding carboxylic acids is 1. The second kappa shape index (κ2) is 12.4. The Kier molecular flexibility index (Phi) is 7.86. The van der Waals surface area contributed by atoms with E-state index in [0.29, 0.717) is 44.1 Å². The number of amides is 1. The molecule has 3 heterocycles. The van der Waals surface area contributed by atoms with Crippen LogP contribution in [-0.2, 0) is 11.3 Å². The Labute approximate surface area is 274 Å². The van der Waals surface area contributed by atoms with Crippen molar-refractivity contribution in [3.8, 4) is 11.8 Å². The highest BCUT2D eigenvalue weighted by Crippen LogP contribution is 2.32. The van der Waals surface area contributed by atoms with E-state index in [1.54, 1.807) is 18.6 Å². The van der Waals surface area contributed by atoms with Gasteiger partial charge in [-0.05, 0) is 60.5 Å². The van der Waals surface area contributed by atoms with Gasteiger partial charge in [-0.15, -0.1) is 0 Å². The summed E-state index contributed by atoms with van der Waals surface area (Å²) in [5.74, 6) is 0.285. The number of hydrogen-bond acceptors (Lipinski definition) is 6. The molecule has 0 aliphatic carbocycles. The summed E-state index contributed by atoms with van der Waals surface area (Å²) in [7, 11) is 1.59. The predicted molar refractivity (Wildman–Crippen MR) is 184 cm³/mol. The maximum atomic E-state index is 14.4. The molecule has 1 atom stereocenters. The summed E-state index contributed by atoms with van der Waals surface area (Å²) >= 11 is 1.29. The Balaban J connectivity index is 1.37. The minimum atomic E-state index is -0.726. The van der Waals surface area contributed by atoms with Crippen molar-refractivity contribution in [2.24, 2.45) is 4.99 Å². The summed E-state index contributed by atoms with van der Waals surface area (Å²) in [4.78, 5) is 33.5. The molecule has 1 aliphatic heterocycles. The van der Waals surface area contributed by atoms with Crippen molar-refractivity contribution < 1.29 is 9.53 Å². The Morgan fingerprint density at radius 2 is 1.79 bits per heavy atom. The molecule has 0 saturated heterocycles. The van der Waals surface area contributed by atoms with Crippen molar-refractivity contribution in [1.82, 2.24) is 9.13 Å². The fraction of sp³-hybridized carbons (Fsp3) is 0.105. The third kappa shape index (κ3) is 5.56. The number of hydrogen-bond donors (Lipinski definition) is 1. The van der Waals surface area contributed by atoms with Gasteiger partial charge < -0.3 is 14.6 Å². The molecule has 0 bridgehead atoms. The Hall–Kier alpha value is -5.98. The third-order valence-corrected chi connectivity index (χ3v) is 9.27. The van der Waals surface area contributed by atoms with Crippen molar-refractivity contribution in [2.45, 2.75) is 19.5 Å². The molecule has 7 rings (SSSR count). The summed E-state index contributed by atoms with van der Waals surface area (Å²) in [6, 6.07) is 33.8. The van der Waals surface area contributed by atoms with Crippen molar-refractivity contribution in [3.63, 3.8) is 0 Å². The highest BCUT2D eigenvalue weighted by Gasteiger charge is 2.33. The highest BCUT2D eigenvalue weighted by atomic mass is 32.1. The number of rotatable bonds is 7. The molecule has 230 valence electrons. The number of thiazole rings is 1. The number of methoxy groups -OCH3 is 1. The minimum Gasteiger partial charge on any atom is -0.497 e. The zero-order chi connectivity index (χ0) is 32.5. The smallest absolute Gasteiger partial charge is 0.271 e. The largest absolute Gasteiger partial charge is 0.497 e. The van der Waals surface area contributed by atoms with Gasteiger partial charge in [0.1, 0.15) is 5.75 Å². The van der Waals surface area contributed by atoms with E-state index in [0.717, 1.165) is 27.6 Å². The predicted octanol–water partition coefficient (Wildman–Crippen LogP) is 5.76. The summed E-state index contributed by atoms with van der Waals surface area (Å²) in [6.45, 7) is 2.31. The maximum absolute atomic E-state index is 14.4. The number of nitrogens with zero attached hydrogens (tertiary/aromatic N) is 4. The van der Waals surface area contributed by atoms with Gasteiger partial charge in [-0.1, -0.05) is 78.1 Å². The molecule has 4 aromatic carbocycles. The Bertz CT molecular complexity index is 2430. The Morgan fingerprint density at radius 1 is 1.02 bits per heavy atom. The van der Waals surface area contributed by atoms with Crippen LogP contribution >= 0.6 is 11.3 Å². The van der Waals surface area contributed by atoms with Crippen molar-refractivity contribution in [3.05, 3.63) is 163 Å². The first-order valence-corrected chi connectivity index (χ1v) is 15.9. The average Bonchev–Trinajstić information content (AvgIpc) is 3.60. The van der Waals surface area contributed by atoms with Crippen LogP contribution in [0.2, 0.25) is 0 Å². The lowest BCUT2D eigenvalue weighted by Gasteiger charge is -2.25. The van der Waals surface area contributed by atoms with E-state index in [9.17, 15) is 14.9 Å². The van der Waals surface area contributed by atoms with Crippen LogP contribution in [0.15, 0.2) is 130 Å². The second-order valence-corrected chi connectivity index (χ2v) is 12.2. The summed E-state index contributed by atoms with van der Waals surface area (Å²) in [6.07, 6.45) is 3.91.